The van der Waals surface area contributed by atoms with E-state index >= 15 is 0 Å². The van der Waals surface area contributed by atoms with E-state index in [0.29, 0.717) is 0 Å². The summed E-state index contributed by atoms with van der Waals surface area (Å²) >= 11 is 0. The van der Waals surface area contributed by atoms with E-state index in [4.69, 9.17) is 4.98 Å². The zero-order chi connectivity index (χ0) is 25.8. The molecule has 1 aromatic heterocycles. The van der Waals surface area contributed by atoms with Crippen molar-refractivity contribution in [2.45, 2.75) is 194 Å². The van der Waals surface area contributed by atoms with Crippen molar-refractivity contribution >= 4 is 0 Å². The molecular weight excluding hydrogens is 434 g/mol. The first-order valence-corrected chi connectivity index (χ1v) is 16.8. The van der Waals surface area contributed by atoms with E-state index in [2.05, 4.69) is 32.0 Å². The highest BCUT2D eigenvalue weighted by Gasteiger charge is 2.00. The fourth-order valence-electron chi connectivity index (χ4n) is 5.46. The molecule has 0 aliphatic rings. The molecule has 1 heterocycles. The second-order valence-corrected chi connectivity index (χ2v) is 11.6. The summed E-state index contributed by atoms with van der Waals surface area (Å²) in [7, 11) is 0. The minimum atomic E-state index is 1.17. The number of nitrogens with zero attached hydrogens (tertiary/aromatic N) is 1. The van der Waals surface area contributed by atoms with Crippen LogP contribution in [0.2, 0.25) is 0 Å². The maximum atomic E-state index is 4.96. The van der Waals surface area contributed by atoms with Crippen LogP contribution >= 0.6 is 0 Å². The van der Waals surface area contributed by atoms with Gasteiger partial charge in [0, 0.05) is 11.4 Å². The molecule has 0 saturated carbocycles. The molecule has 1 nitrogen and oxygen atoms in total. The average Bonchev–Trinajstić information content (AvgIpc) is 2.90. The van der Waals surface area contributed by atoms with Gasteiger partial charge in [0.05, 0.1) is 0 Å². The summed E-state index contributed by atoms with van der Waals surface area (Å²) in [5.41, 5.74) is 2.65. The first-order chi connectivity index (χ1) is 17.9. The summed E-state index contributed by atoms with van der Waals surface area (Å²) in [4.78, 5) is 4.96. The molecule has 0 spiro atoms. The summed E-state index contributed by atoms with van der Waals surface area (Å²) in [5.74, 6) is 0. The van der Waals surface area contributed by atoms with Gasteiger partial charge in [0.2, 0.25) is 0 Å². The van der Waals surface area contributed by atoms with E-state index in [1.54, 1.807) is 0 Å². The van der Waals surface area contributed by atoms with Crippen LogP contribution in [0.15, 0.2) is 18.2 Å². The smallest absolute Gasteiger partial charge is 0.0406 e. The van der Waals surface area contributed by atoms with Gasteiger partial charge >= 0.3 is 0 Å². The monoisotopic (exact) mass is 500 g/mol. The van der Waals surface area contributed by atoms with Crippen LogP contribution in [0.1, 0.15) is 192 Å². The van der Waals surface area contributed by atoms with E-state index in [1.807, 2.05) is 0 Å². The maximum absolute atomic E-state index is 4.96. The first-order valence-electron chi connectivity index (χ1n) is 16.8. The molecule has 1 aromatic rings. The number of aromatic nitrogens is 1. The fraction of sp³-hybridized carbons (Fsp3) is 0.857. The minimum absolute atomic E-state index is 1.17. The Labute approximate surface area is 228 Å². The molecule has 0 aliphatic carbocycles. The number of hydrogen-bond donors (Lipinski definition) is 0. The van der Waals surface area contributed by atoms with Crippen LogP contribution in [0.3, 0.4) is 0 Å². The van der Waals surface area contributed by atoms with Crippen molar-refractivity contribution in [3.05, 3.63) is 29.6 Å². The topological polar surface area (TPSA) is 12.9 Å². The van der Waals surface area contributed by atoms with Crippen molar-refractivity contribution in [2.24, 2.45) is 0 Å². The van der Waals surface area contributed by atoms with E-state index in [0.717, 1.165) is 0 Å². The molecule has 0 saturated heterocycles. The number of aryl methyl sites for hydroxylation is 2. The standard InChI is InChI=1S/C35H65N/c1-3-5-7-9-11-13-15-17-19-21-23-25-27-30-34-32-29-33-35(36-34)31-28-26-24-22-20-18-16-14-12-10-8-6-4-2/h29,32-33H,3-28,30-31H2,1-2H3. The Morgan fingerprint density at radius 1 is 0.361 bits per heavy atom. The minimum Gasteiger partial charge on any atom is -0.258 e. The van der Waals surface area contributed by atoms with Gasteiger partial charge in [-0.2, -0.15) is 0 Å². The largest absolute Gasteiger partial charge is 0.258 e. The van der Waals surface area contributed by atoms with E-state index < -0.39 is 0 Å². The van der Waals surface area contributed by atoms with Crippen molar-refractivity contribution in [1.29, 1.82) is 0 Å². The van der Waals surface area contributed by atoms with E-state index in [1.165, 1.54) is 191 Å². The van der Waals surface area contributed by atoms with Crippen LogP contribution in [0.5, 0.6) is 0 Å². The maximum Gasteiger partial charge on any atom is 0.0406 e. The van der Waals surface area contributed by atoms with Crippen LogP contribution in [0.4, 0.5) is 0 Å². The van der Waals surface area contributed by atoms with Gasteiger partial charge in [0.15, 0.2) is 0 Å². The molecule has 1 rings (SSSR count). The van der Waals surface area contributed by atoms with Crippen molar-refractivity contribution in [3.8, 4) is 0 Å². The van der Waals surface area contributed by atoms with Crippen molar-refractivity contribution < 1.29 is 0 Å². The Morgan fingerprint density at radius 3 is 0.889 bits per heavy atom. The van der Waals surface area contributed by atoms with Crippen LogP contribution < -0.4 is 0 Å². The van der Waals surface area contributed by atoms with Crippen LogP contribution in [0.25, 0.3) is 0 Å². The number of pyridine rings is 1. The molecular formula is C35H65N. The molecule has 0 radical (unpaired) electrons. The van der Waals surface area contributed by atoms with E-state index in [9.17, 15) is 0 Å². The fourth-order valence-corrected chi connectivity index (χ4v) is 5.46. The van der Waals surface area contributed by atoms with Gasteiger partial charge in [-0.15, -0.1) is 0 Å². The lowest BCUT2D eigenvalue weighted by Crippen LogP contribution is -1.96. The number of hydrogen-bond acceptors (Lipinski definition) is 1. The van der Waals surface area contributed by atoms with Gasteiger partial charge in [0.25, 0.3) is 0 Å². The molecule has 0 aliphatic heterocycles. The Morgan fingerprint density at radius 2 is 0.611 bits per heavy atom. The molecule has 0 unspecified atom stereocenters. The van der Waals surface area contributed by atoms with Crippen LogP contribution in [-0.4, -0.2) is 4.98 Å². The molecule has 0 amide bonds. The number of unbranched alkanes of at least 4 members (excludes halogenated alkanes) is 24. The molecule has 36 heavy (non-hydrogen) atoms. The lowest BCUT2D eigenvalue weighted by atomic mass is 10.0. The van der Waals surface area contributed by atoms with Gasteiger partial charge in [-0.05, 0) is 37.8 Å². The van der Waals surface area contributed by atoms with Gasteiger partial charge in [0.1, 0.15) is 0 Å². The third-order valence-electron chi connectivity index (χ3n) is 7.94. The second kappa shape index (κ2) is 27.2. The van der Waals surface area contributed by atoms with Crippen molar-refractivity contribution in [3.63, 3.8) is 0 Å². The predicted molar refractivity (Wildman–Crippen MR) is 163 cm³/mol. The molecule has 0 bridgehead atoms. The summed E-state index contributed by atoms with van der Waals surface area (Å²) in [6.45, 7) is 4.60. The van der Waals surface area contributed by atoms with Crippen molar-refractivity contribution in [1.82, 2.24) is 4.98 Å². The third-order valence-corrected chi connectivity index (χ3v) is 7.94. The summed E-state index contributed by atoms with van der Waals surface area (Å²) in [6.07, 6.45) is 39.4. The zero-order valence-electron chi connectivity index (χ0n) is 25.0. The van der Waals surface area contributed by atoms with Crippen LogP contribution in [-0.2, 0) is 12.8 Å². The van der Waals surface area contributed by atoms with Gasteiger partial charge in [-0.25, -0.2) is 0 Å². The molecule has 210 valence electrons. The van der Waals surface area contributed by atoms with Gasteiger partial charge in [-0.3, -0.25) is 4.98 Å². The molecule has 0 atom stereocenters. The first kappa shape index (κ1) is 33.2. The third kappa shape index (κ3) is 22.4. The summed E-state index contributed by atoms with van der Waals surface area (Å²) in [6, 6.07) is 6.73. The van der Waals surface area contributed by atoms with Crippen molar-refractivity contribution in [2.75, 3.05) is 0 Å². The normalized spacial score (nSPS) is 11.4. The SMILES string of the molecule is CCCCCCCCCCCCCCCc1cccc(CCCCCCCCCCCCCCC)n1. The predicted octanol–water partition coefficient (Wildman–Crippen LogP) is 12.3. The Kier molecular flexibility index (Phi) is 25.1. The highest BCUT2D eigenvalue weighted by molar-refractivity contribution is 5.11. The molecule has 0 aromatic carbocycles. The van der Waals surface area contributed by atoms with E-state index in [-0.39, 0.29) is 0 Å². The van der Waals surface area contributed by atoms with Crippen LogP contribution in [0, 0.1) is 0 Å². The average molecular weight is 500 g/mol. The quantitative estimate of drug-likeness (QED) is 0.104. The second-order valence-electron chi connectivity index (χ2n) is 11.6. The summed E-state index contributed by atoms with van der Waals surface area (Å²) < 4.78 is 0. The number of rotatable bonds is 28. The lowest BCUT2D eigenvalue weighted by Gasteiger charge is -2.06. The Bertz CT molecular complexity index is 506. The lowest BCUT2D eigenvalue weighted by molar-refractivity contribution is 0.537. The highest BCUT2D eigenvalue weighted by atomic mass is 14.7. The summed E-state index contributed by atoms with van der Waals surface area (Å²) in [5, 5.41) is 0. The highest BCUT2D eigenvalue weighted by Crippen LogP contribution is 2.15. The molecule has 1 heteroatoms. The Balaban J connectivity index is 1.89. The molecule has 0 fully saturated rings. The van der Waals surface area contributed by atoms with Gasteiger partial charge in [-0.1, -0.05) is 174 Å². The Hall–Kier alpha value is -0.850. The zero-order valence-corrected chi connectivity index (χ0v) is 25.0. The van der Waals surface area contributed by atoms with Gasteiger partial charge < -0.3 is 0 Å². The molecule has 0 N–H and O–H groups in total.